The first-order chi connectivity index (χ1) is 15.7. The van der Waals surface area contributed by atoms with Crippen LogP contribution >= 0.6 is 11.6 Å². The number of rotatable bonds is 6. The Morgan fingerprint density at radius 1 is 1.18 bits per heavy atom. The van der Waals surface area contributed by atoms with Gasteiger partial charge in [0, 0.05) is 25.7 Å². The number of carbonyl (C=O) groups excluding carboxylic acids is 1. The van der Waals surface area contributed by atoms with Gasteiger partial charge in [-0.05, 0) is 44.4 Å². The Kier molecular flexibility index (Phi) is 7.26. The Bertz CT molecular complexity index is 1300. The molecule has 0 aliphatic heterocycles. The molecule has 0 saturated heterocycles. The molecular formula is C23H30ClN5O4S. The number of aromatic nitrogens is 3. The van der Waals surface area contributed by atoms with Gasteiger partial charge in [0.25, 0.3) is 0 Å². The van der Waals surface area contributed by atoms with Crippen LogP contribution in [-0.2, 0) is 21.3 Å². The standard InChI is InChI=1S/C23H30ClN5O4S/c1-15(2)18-13-25-29-20(12-19(24)26-21(18)29)28(22(30)33-23(3,4)5)14-16-8-10-17(11-9-16)34(31,32)27(6)7/h8-13,15H,14H2,1-7H3. The summed E-state index contributed by atoms with van der Waals surface area (Å²) in [5.41, 5.74) is 1.41. The summed E-state index contributed by atoms with van der Waals surface area (Å²) in [5, 5.41) is 4.66. The van der Waals surface area contributed by atoms with Crippen molar-refractivity contribution in [3.05, 3.63) is 52.8 Å². The van der Waals surface area contributed by atoms with Gasteiger partial charge in [0.2, 0.25) is 10.0 Å². The van der Waals surface area contributed by atoms with Crippen LogP contribution in [0.1, 0.15) is 51.7 Å². The van der Waals surface area contributed by atoms with E-state index in [4.69, 9.17) is 16.3 Å². The van der Waals surface area contributed by atoms with Gasteiger partial charge in [0.1, 0.15) is 16.6 Å². The number of carbonyl (C=O) groups is 1. The van der Waals surface area contributed by atoms with Crippen molar-refractivity contribution in [2.45, 2.75) is 57.6 Å². The second-order valence-corrected chi connectivity index (χ2v) is 12.0. The van der Waals surface area contributed by atoms with Crippen molar-refractivity contribution in [3.8, 4) is 0 Å². The number of ether oxygens (including phenoxy) is 1. The lowest BCUT2D eigenvalue weighted by Gasteiger charge is -2.28. The molecule has 0 atom stereocenters. The van der Waals surface area contributed by atoms with E-state index in [1.165, 1.54) is 31.1 Å². The molecule has 0 bridgehead atoms. The van der Waals surface area contributed by atoms with Gasteiger partial charge in [0.05, 0.1) is 17.6 Å². The lowest BCUT2D eigenvalue weighted by molar-refractivity contribution is 0.0575. The molecule has 0 N–H and O–H groups in total. The minimum atomic E-state index is -3.57. The number of halogens is 1. The van der Waals surface area contributed by atoms with E-state index in [2.05, 4.69) is 10.1 Å². The quantitative estimate of drug-likeness (QED) is 0.449. The Morgan fingerprint density at radius 3 is 2.32 bits per heavy atom. The van der Waals surface area contributed by atoms with E-state index in [0.29, 0.717) is 17.0 Å². The second kappa shape index (κ2) is 9.52. The molecule has 0 aliphatic rings. The maximum atomic E-state index is 13.3. The molecular weight excluding hydrogens is 478 g/mol. The maximum absolute atomic E-state index is 13.3. The van der Waals surface area contributed by atoms with Gasteiger partial charge in [-0.25, -0.2) is 22.5 Å². The van der Waals surface area contributed by atoms with Gasteiger partial charge < -0.3 is 4.74 Å². The Hall–Kier alpha value is -2.69. The van der Waals surface area contributed by atoms with E-state index < -0.39 is 21.7 Å². The number of hydrogen-bond acceptors (Lipinski definition) is 6. The smallest absolute Gasteiger partial charge is 0.416 e. The summed E-state index contributed by atoms with van der Waals surface area (Å²) in [6, 6.07) is 7.91. The van der Waals surface area contributed by atoms with Crippen LogP contribution in [0.3, 0.4) is 0 Å². The third kappa shape index (κ3) is 5.51. The van der Waals surface area contributed by atoms with Crippen LogP contribution in [0.2, 0.25) is 5.15 Å². The van der Waals surface area contributed by atoms with Crippen LogP contribution in [0.15, 0.2) is 41.4 Å². The third-order valence-electron chi connectivity index (χ3n) is 5.00. The molecule has 0 radical (unpaired) electrons. The molecule has 0 spiro atoms. The number of fused-ring (bicyclic) bond motifs is 1. The summed E-state index contributed by atoms with van der Waals surface area (Å²) >= 11 is 6.34. The normalized spacial score (nSPS) is 12.5. The molecule has 9 nitrogen and oxygen atoms in total. The van der Waals surface area contributed by atoms with E-state index in [0.717, 1.165) is 9.87 Å². The Morgan fingerprint density at radius 2 is 1.79 bits per heavy atom. The minimum absolute atomic E-state index is 0.101. The summed E-state index contributed by atoms with van der Waals surface area (Å²) in [5.74, 6) is 0.540. The van der Waals surface area contributed by atoms with Crippen molar-refractivity contribution in [1.29, 1.82) is 0 Å². The van der Waals surface area contributed by atoms with E-state index in [1.54, 1.807) is 49.7 Å². The van der Waals surface area contributed by atoms with E-state index >= 15 is 0 Å². The molecule has 34 heavy (non-hydrogen) atoms. The molecule has 184 valence electrons. The van der Waals surface area contributed by atoms with Crippen LogP contribution in [0.4, 0.5) is 10.6 Å². The lowest BCUT2D eigenvalue weighted by Crippen LogP contribution is -2.37. The van der Waals surface area contributed by atoms with Crippen molar-refractivity contribution >= 4 is 39.2 Å². The second-order valence-electron chi connectivity index (χ2n) is 9.42. The van der Waals surface area contributed by atoms with Crippen molar-refractivity contribution in [1.82, 2.24) is 18.9 Å². The molecule has 0 fully saturated rings. The first-order valence-corrected chi connectivity index (χ1v) is 12.6. The predicted molar refractivity (Wildman–Crippen MR) is 132 cm³/mol. The summed E-state index contributed by atoms with van der Waals surface area (Å²) in [7, 11) is -0.619. The highest BCUT2D eigenvalue weighted by Gasteiger charge is 2.27. The topological polar surface area (TPSA) is 97.1 Å². The fourth-order valence-electron chi connectivity index (χ4n) is 3.25. The zero-order valence-corrected chi connectivity index (χ0v) is 22.0. The highest BCUT2D eigenvalue weighted by molar-refractivity contribution is 7.89. The van der Waals surface area contributed by atoms with Gasteiger partial charge in [0.15, 0.2) is 5.65 Å². The molecule has 1 amide bonds. The first kappa shape index (κ1) is 25.9. The Labute approximate surface area is 205 Å². The largest absolute Gasteiger partial charge is 0.443 e. The number of benzene rings is 1. The van der Waals surface area contributed by atoms with Crippen LogP contribution in [0.5, 0.6) is 0 Å². The van der Waals surface area contributed by atoms with Crippen molar-refractivity contribution in [2.24, 2.45) is 0 Å². The maximum Gasteiger partial charge on any atom is 0.416 e. The predicted octanol–water partition coefficient (Wildman–Crippen LogP) is 4.70. The number of hydrogen-bond donors (Lipinski definition) is 0. The monoisotopic (exact) mass is 507 g/mol. The summed E-state index contributed by atoms with van der Waals surface area (Å²) in [6.45, 7) is 9.49. The average molecular weight is 508 g/mol. The molecule has 11 heteroatoms. The van der Waals surface area contributed by atoms with Gasteiger partial charge in [-0.3, -0.25) is 4.90 Å². The molecule has 0 unspecified atom stereocenters. The average Bonchev–Trinajstić information content (AvgIpc) is 3.14. The van der Waals surface area contributed by atoms with Gasteiger partial charge in [-0.1, -0.05) is 37.6 Å². The molecule has 2 heterocycles. The van der Waals surface area contributed by atoms with Crippen molar-refractivity contribution < 1.29 is 17.9 Å². The number of nitrogens with zero attached hydrogens (tertiary/aromatic N) is 5. The minimum Gasteiger partial charge on any atom is -0.443 e. The molecule has 1 aromatic carbocycles. The van der Waals surface area contributed by atoms with Crippen molar-refractivity contribution in [2.75, 3.05) is 19.0 Å². The van der Waals surface area contributed by atoms with E-state index in [9.17, 15) is 13.2 Å². The van der Waals surface area contributed by atoms with Crippen molar-refractivity contribution in [3.63, 3.8) is 0 Å². The fourth-order valence-corrected chi connectivity index (χ4v) is 4.33. The first-order valence-electron chi connectivity index (χ1n) is 10.8. The van der Waals surface area contributed by atoms with Crippen LogP contribution in [0.25, 0.3) is 5.65 Å². The van der Waals surface area contributed by atoms with Crippen LogP contribution in [0, 0.1) is 0 Å². The summed E-state index contributed by atoms with van der Waals surface area (Å²) < 4.78 is 33.2. The number of anilines is 1. The zero-order valence-electron chi connectivity index (χ0n) is 20.4. The zero-order chi connectivity index (χ0) is 25.4. The van der Waals surface area contributed by atoms with Crippen LogP contribution in [-0.4, -0.2) is 53.1 Å². The SMILES string of the molecule is CC(C)c1cnn2c(N(Cc3ccc(S(=O)(=O)N(C)C)cc3)C(=O)OC(C)(C)C)cc(Cl)nc12. The number of amides is 1. The highest BCUT2D eigenvalue weighted by atomic mass is 35.5. The third-order valence-corrected chi connectivity index (χ3v) is 7.03. The fraction of sp³-hybridized carbons (Fsp3) is 0.435. The number of sulfonamides is 1. The molecule has 0 aliphatic carbocycles. The Balaban J connectivity index is 2.08. The van der Waals surface area contributed by atoms with Gasteiger partial charge >= 0.3 is 6.09 Å². The molecule has 2 aromatic heterocycles. The summed E-state index contributed by atoms with van der Waals surface area (Å²) in [4.78, 5) is 19.3. The molecule has 0 saturated carbocycles. The van der Waals surface area contributed by atoms with E-state index in [-0.39, 0.29) is 22.5 Å². The molecule has 3 rings (SSSR count). The summed E-state index contributed by atoms with van der Waals surface area (Å²) in [6.07, 6.45) is 1.11. The highest BCUT2D eigenvalue weighted by Crippen LogP contribution is 2.28. The van der Waals surface area contributed by atoms with Gasteiger partial charge in [-0.15, -0.1) is 0 Å². The van der Waals surface area contributed by atoms with E-state index in [1.807, 2.05) is 13.8 Å². The molecule has 3 aromatic rings. The lowest BCUT2D eigenvalue weighted by atomic mass is 10.1. The van der Waals surface area contributed by atoms with Crippen LogP contribution < -0.4 is 4.90 Å². The van der Waals surface area contributed by atoms with Gasteiger partial charge in [-0.2, -0.15) is 9.61 Å².